The van der Waals surface area contributed by atoms with E-state index < -0.39 is 12.0 Å². The first kappa shape index (κ1) is 33.7. The first-order valence-electron chi connectivity index (χ1n) is 15.7. The molecule has 1 aliphatic heterocycles. The van der Waals surface area contributed by atoms with Crippen molar-refractivity contribution in [2.75, 3.05) is 33.5 Å². The van der Waals surface area contributed by atoms with Gasteiger partial charge in [0.05, 0.1) is 35.6 Å². The number of carbonyl (C=O) groups excluding carboxylic acids is 1. The minimum absolute atomic E-state index is 0.0735. The van der Waals surface area contributed by atoms with Crippen molar-refractivity contribution in [3.8, 4) is 17.2 Å². The smallest absolute Gasteiger partial charge is 0.338 e. The Morgan fingerprint density at radius 2 is 1.74 bits per heavy atom. The Morgan fingerprint density at radius 3 is 2.51 bits per heavy atom. The molecule has 0 bridgehead atoms. The number of hydrogen-bond donors (Lipinski definition) is 0. The molecule has 246 valence electrons. The molecule has 0 fully saturated rings. The number of para-hydroxylation sites is 1. The van der Waals surface area contributed by atoms with Crippen molar-refractivity contribution < 1.29 is 28.5 Å². The number of nitrogens with zero attached hydrogens (tertiary/aromatic N) is 2. The molecular formula is C37H40N2O7S. The lowest BCUT2D eigenvalue weighted by atomic mass is 9.95. The molecule has 0 radical (unpaired) electrons. The number of rotatable bonds is 14. The third-order valence-electron chi connectivity index (χ3n) is 7.48. The van der Waals surface area contributed by atoms with Gasteiger partial charge in [-0.05, 0) is 62.6 Å². The van der Waals surface area contributed by atoms with Gasteiger partial charge in [0.25, 0.3) is 5.56 Å². The van der Waals surface area contributed by atoms with E-state index in [1.165, 1.54) is 18.4 Å². The van der Waals surface area contributed by atoms with E-state index >= 15 is 0 Å². The zero-order valence-corrected chi connectivity index (χ0v) is 28.2. The molecule has 0 aliphatic carbocycles. The van der Waals surface area contributed by atoms with Crippen molar-refractivity contribution in [2.24, 2.45) is 4.99 Å². The summed E-state index contributed by atoms with van der Waals surface area (Å²) in [6, 6.07) is 20.4. The summed E-state index contributed by atoms with van der Waals surface area (Å²) >= 11 is 1.26. The summed E-state index contributed by atoms with van der Waals surface area (Å²) in [5, 5.41) is 0. The average Bonchev–Trinajstić information content (AvgIpc) is 3.36. The number of hydrogen-bond acceptors (Lipinski definition) is 9. The molecule has 1 aliphatic rings. The van der Waals surface area contributed by atoms with Gasteiger partial charge < -0.3 is 23.7 Å². The molecule has 4 aromatic rings. The van der Waals surface area contributed by atoms with Crippen molar-refractivity contribution >= 4 is 23.4 Å². The zero-order chi connectivity index (χ0) is 33.3. The van der Waals surface area contributed by atoms with Crippen LogP contribution in [0.1, 0.15) is 55.5 Å². The molecule has 1 atom stereocenters. The summed E-state index contributed by atoms with van der Waals surface area (Å²) in [4.78, 5) is 32.9. The van der Waals surface area contributed by atoms with Gasteiger partial charge in [0, 0.05) is 12.7 Å². The van der Waals surface area contributed by atoms with Gasteiger partial charge >= 0.3 is 5.97 Å². The number of allylic oxidation sites excluding steroid dienone is 1. The molecule has 0 unspecified atom stereocenters. The summed E-state index contributed by atoms with van der Waals surface area (Å²) in [6.45, 7) is 9.41. The second kappa shape index (κ2) is 15.8. The Morgan fingerprint density at radius 1 is 0.915 bits per heavy atom. The van der Waals surface area contributed by atoms with E-state index in [0.717, 1.165) is 23.1 Å². The van der Waals surface area contributed by atoms with Crippen LogP contribution >= 0.6 is 11.3 Å². The number of carbonyl (C=O) groups is 1. The van der Waals surface area contributed by atoms with Crippen LogP contribution in [-0.4, -0.2) is 44.1 Å². The van der Waals surface area contributed by atoms with Crippen molar-refractivity contribution in [1.82, 2.24) is 4.57 Å². The lowest BCUT2D eigenvalue weighted by Crippen LogP contribution is -2.40. The van der Waals surface area contributed by atoms with Crippen LogP contribution in [0.5, 0.6) is 17.2 Å². The molecule has 1 aromatic heterocycles. The lowest BCUT2D eigenvalue weighted by Gasteiger charge is -2.26. The largest absolute Gasteiger partial charge is 0.493 e. The van der Waals surface area contributed by atoms with Crippen molar-refractivity contribution in [1.29, 1.82) is 0 Å². The van der Waals surface area contributed by atoms with Gasteiger partial charge in [-0.1, -0.05) is 72.4 Å². The number of thiazole rings is 1. The highest BCUT2D eigenvalue weighted by atomic mass is 32.1. The minimum atomic E-state index is -0.798. The highest BCUT2D eigenvalue weighted by molar-refractivity contribution is 7.07. The molecule has 3 aromatic carbocycles. The highest BCUT2D eigenvalue weighted by Gasteiger charge is 2.35. The van der Waals surface area contributed by atoms with E-state index in [2.05, 4.69) is 6.07 Å². The first-order valence-corrected chi connectivity index (χ1v) is 16.5. The fourth-order valence-corrected chi connectivity index (χ4v) is 6.39. The second-order valence-electron chi connectivity index (χ2n) is 11.0. The summed E-state index contributed by atoms with van der Waals surface area (Å²) in [7, 11) is 1.54. The molecule has 10 heteroatoms. The molecule has 9 nitrogen and oxygen atoms in total. The van der Waals surface area contributed by atoms with E-state index in [9.17, 15) is 9.59 Å². The number of benzene rings is 3. The van der Waals surface area contributed by atoms with Crippen LogP contribution in [0.2, 0.25) is 0 Å². The Hall–Kier alpha value is -4.67. The van der Waals surface area contributed by atoms with E-state index in [4.69, 9.17) is 28.7 Å². The second-order valence-corrected chi connectivity index (χ2v) is 12.0. The van der Waals surface area contributed by atoms with Crippen LogP contribution in [-0.2, 0) is 20.9 Å². The number of aryl methyl sites for hydroxylation is 1. The molecule has 2 heterocycles. The average molecular weight is 657 g/mol. The first-order chi connectivity index (χ1) is 22.8. The molecule has 0 spiro atoms. The van der Waals surface area contributed by atoms with E-state index in [-0.39, 0.29) is 24.3 Å². The van der Waals surface area contributed by atoms with Gasteiger partial charge in [-0.15, -0.1) is 0 Å². The van der Waals surface area contributed by atoms with Gasteiger partial charge in [-0.3, -0.25) is 9.36 Å². The number of aromatic nitrogens is 1. The Kier molecular flexibility index (Phi) is 11.3. The lowest BCUT2D eigenvalue weighted by molar-refractivity contribution is -0.140. The van der Waals surface area contributed by atoms with Crippen LogP contribution in [0.25, 0.3) is 6.08 Å². The summed E-state index contributed by atoms with van der Waals surface area (Å²) in [5.74, 6) is 1.23. The fourth-order valence-electron chi connectivity index (χ4n) is 5.34. The van der Waals surface area contributed by atoms with Crippen molar-refractivity contribution in [3.63, 3.8) is 0 Å². The monoisotopic (exact) mass is 656 g/mol. The number of fused-ring (bicyclic) bond motifs is 1. The molecule has 0 saturated carbocycles. The standard InChI is InChI=1S/C37H40N2O7S/c1-6-17-44-29-14-9-8-13-28(29)34-33(36(41)45-19-18-42-5)25(4)38-37-39(34)35(40)32(47-37)22-26-15-16-30(31(21-26)43-7-2)46-23-27-12-10-11-24(3)20-27/h8-16,20-22,34H,6-7,17-19,23H2,1-5H3/b32-22+/t34-/m1/s1. The van der Waals surface area contributed by atoms with Crippen LogP contribution in [0.4, 0.5) is 0 Å². The predicted octanol–water partition coefficient (Wildman–Crippen LogP) is 5.50. The van der Waals surface area contributed by atoms with Gasteiger partial charge in [-0.25, -0.2) is 9.79 Å². The van der Waals surface area contributed by atoms with Gasteiger partial charge in [0.15, 0.2) is 16.3 Å². The number of methoxy groups -OCH3 is 1. The Bertz CT molecular complexity index is 1940. The molecule has 5 rings (SSSR count). The Labute approximate surface area is 278 Å². The van der Waals surface area contributed by atoms with E-state index in [1.807, 2.05) is 87.5 Å². The van der Waals surface area contributed by atoms with Crippen molar-refractivity contribution in [3.05, 3.63) is 120 Å². The normalized spacial score (nSPS) is 14.4. The van der Waals surface area contributed by atoms with Gasteiger partial charge in [0.2, 0.25) is 0 Å². The van der Waals surface area contributed by atoms with E-state index in [1.54, 1.807) is 11.5 Å². The zero-order valence-electron chi connectivity index (χ0n) is 27.4. The molecule has 0 N–H and O–H groups in total. The van der Waals surface area contributed by atoms with E-state index in [0.29, 0.717) is 57.7 Å². The Balaban J connectivity index is 1.56. The van der Waals surface area contributed by atoms with Crippen LogP contribution in [0.15, 0.2) is 87.8 Å². The number of esters is 1. The summed E-state index contributed by atoms with van der Waals surface area (Å²) in [6.07, 6.45) is 2.61. The summed E-state index contributed by atoms with van der Waals surface area (Å²) in [5.41, 5.74) is 4.14. The number of ether oxygens (including phenoxy) is 5. The SMILES string of the molecule is CCCOc1ccccc1[C@@H]1C(C(=O)OCCOC)=C(C)N=c2s/c(=C/c3ccc(OCc4cccc(C)c4)c(OCC)c3)c(=O)n21. The minimum Gasteiger partial charge on any atom is -0.493 e. The maximum atomic E-state index is 14.2. The maximum Gasteiger partial charge on any atom is 0.338 e. The third kappa shape index (κ3) is 7.84. The van der Waals surface area contributed by atoms with Crippen LogP contribution < -0.4 is 29.1 Å². The quantitative estimate of drug-likeness (QED) is 0.131. The topological polar surface area (TPSA) is 97.6 Å². The highest BCUT2D eigenvalue weighted by Crippen LogP contribution is 2.36. The van der Waals surface area contributed by atoms with Crippen LogP contribution in [0.3, 0.4) is 0 Å². The predicted molar refractivity (Wildman–Crippen MR) is 182 cm³/mol. The fraction of sp³-hybridized carbons (Fsp3) is 0.324. The third-order valence-corrected chi connectivity index (χ3v) is 8.46. The summed E-state index contributed by atoms with van der Waals surface area (Å²) < 4.78 is 30.8. The van der Waals surface area contributed by atoms with Crippen molar-refractivity contribution in [2.45, 2.75) is 46.8 Å². The van der Waals surface area contributed by atoms with Gasteiger partial charge in [0.1, 0.15) is 25.0 Å². The van der Waals surface area contributed by atoms with Gasteiger partial charge in [-0.2, -0.15) is 0 Å². The molecule has 47 heavy (non-hydrogen) atoms. The molecular weight excluding hydrogens is 616 g/mol. The maximum absolute atomic E-state index is 14.2. The van der Waals surface area contributed by atoms with Crippen LogP contribution in [0, 0.1) is 6.92 Å². The molecule has 0 saturated heterocycles. The molecule has 0 amide bonds.